The van der Waals surface area contributed by atoms with Crippen molar-refractivity contribution in [2.45, 2.75) is 84.0 Å². The number of ether oxygens (including phenoxy) is 2. The van der Waals surface area contributed by atoms with Crippen LogP contribution >= 0.6 is 0 Å². The third-order valence-electron chi connectivity index (χ3n) is 5.78. The number of hydrogen-bond donors (Lipinski definition) is 0. The van der Waals surface area contributed by atoms with Gasteiger partial charge in [-0.25, -0.2) is 0 Å². The maximum absolute atomic E-state index is 12.7. The first-order chi connectivity index (χ1) is 8.92. The Bertz CT molecular complexity index is 370. The van der Waals surface area contributed by atoms with E-state index in [4.69, 9.17) is 9.47 Å². The fourth-order valence-electron chi connectivity index (χ4n) is 3.77. The molecule has 108 valence electrons. The van der Waals surface area contributed by atoms with Crippen LogP contribution in [-0.4, -0.2) is 24.3 Å². The number of hydrogen-bond acceptors (Lipinski definition) is 3. The Morgan fingerprint density at radius 1 is 1.05 bits per heavy atom. The lowest BCUT2D eigenvalue weighted by Crippen LogP contribution is -2.48. The molecule has 0 spiro atoms. The van der Waals surface area contributed by atoms with Crippen molar-refractivity contribution in [2.24, 2.45) is 10.8 Å². The van der Waals surface area contributed by atoms with E-state index in [2.05, 4.69) is 20.8 Å². The molecule has 0 aromatic heterocycles. The number of rotatable bonds is 2. The third-order valence-corrected chi connectivity index (χ3v) is 5.78. The Morgan fingerprint density at radius 2 is 1.68 bits per heavy atom. The Morgan fingerprint density at radius 3 is 2.37 bits per heavy atom. The molecule has 3 nitrogen and oxygen atoms in total. The second-order valence-electron chi connectivity index (χ2n) is 7.50. The van der Waals surface area contributed by atoms with Crippen LogP contribution in [0.25, 0.3) is 0 Å². The Hall–Kier alpha value is -0.570. The molecular weight excluding hydrogens is 240 g/mol. The quantitative estimate of drug-likeness (QED) is 0.567. The summed E-state index contributed by atoms with van der Waals surface area (Å²) in [6.07, 6.45) is 8.44. The van der Waals surface area contributed by atoms with Gasteiger partial charge in [-0.05, 0) is 50.9 Å². The van der Waals surface area contributed by atoms with E-state index in [1.165, 1.54) is 19.3 Å². The Balaban J connectivity index is 1.69. The Kier molecular flexibility index (Phi) is 3.16. The van der Waals surface area contributed by atoms with E-state index in [0.717, 1.165) is 25.7 Å². The number of carbonyl (C=O) groups excluding carboxylic acids is 1. The lowest BCUT2D eigenvalue weighted by molar-refractivity contribution is -0.172. The molecular formula is C16H26O3. The summed E-state index contributed by atoms with van der Waals surface area (Å²) in [6, 6.07) is 0. The van der Waals surface area contributed by atoms with Gasteiger partial charge in [0.2, 0.25) is 0 Å². The van der Waals surface area contributed by atoms with Crippen LogP contribution in [0.15, 0.2) is 0 Å². The predicted molar refractivity (Wildman–Crippen MR) is 72.7 cm³/mol. The van der Waals surface area contributed by atoms with Gasteiger partial charge < -0.3 is 9.47 Å². The standard InChI is InChI=1S/C16H26O3/c1-15(2)9-12-13(19-12)10-16(15,3)14(17)18-11-7-5-4-6-8-11/h11-13H,4-10H2,1-3H3. The summed E-state index contributed by atoms with van der Waals surface area (Å²) in [7, 11) is 0. The topological polar surface area (TPSA) is 38.8 Å². The van der Waals surface area contributed by atoms with Gasteiger partial charge in [0.1, 0.15) is 6.10 Å². The van der Waals surface area contributed by atoms with Gasteiger partial charge in [0.15, 0.2) is 0 Å². The van der Waals surface area contributed by atoms with Crippen LogP contribution in [0.4, 0.5) is 0 Å². The van der Waals surface area contributed by atoms with E-state index in [9.17, 15) is 4.79 Å². The zero-order valence-corrected chi connectivity index (χ0v) is 12.4. The molecule has 3 aliphatic rings. The molecule has 3 rings (SSSR count). The van der Waals surface area contributed by atoms with Crippen LogP contribution < -0.4 is 0 Å². The molecule has 0 amide bonds. The van der Waals surface area contributed by atoms with Gasteiger partial charge in [-0.15, -0.1) is 0 Å². The summed E-state index contributed by atoms with van der Waals surface area (Å²) >= 11 is 0. The monoisotopic (exact) mass is 266 g/mol. The molecule has 3 fully saturated rings. The molecule has 1 heterocycles. The van der Waals surface area contributed by atoms with Crippen LogP contribution in [-0.2, 0) is 14.3 Å². The minimum Gasteiger partial charge on any atom is -0.462 e. The number of esters is 1. The fourth-order valence-corrected chi connectivity index (χ4v) is 3.77. The molecule has 1 aliphatic heterocycles. The lowest BCUT2D eigenvalue weighted by Gasteiger charge is -2.44. The summed E-state index contributed by atoms with van der Waals surface area (Å²) in [5.74, 6) is 0.0124. The fraction of sp³-hybridized carbons (Fsp3) is 0.938. The SMILES string of the molecule is CC1(C)CC2OC2CC1(C)C(=O)OC1CCCCC1. The van der Waals surface area contributed by atoms with Crippen LogP contribution in [0.5, 0.6) is 0 Å². The first-order valence-corrected chi connectivity index (χ1v) is 7.79. The van der Waals surface area contributed by atoms with E-state index < -0.39 is 0 Å². The lowest BCUT2D eigenvalue weighted by atomic mass is 9.59. The van der Waals surface area contributed by atoms with Gasteiger partial charge in [-0.3, -0.25) is 4.79 Å². The molecule has 1 saturated heterocycles. The smallest absolute Gasteiger partial charge is 0.312 e. The molecule has 0 bridgehead atoms. The zero-order chi connectivity index (χ0) is 13.7. The molecule has 3 unspecified atom stereocenters. The van der Waals surface area contributed by atoms with E-state index in [-0.39, 0.29) is 22.9 Å². The molecule has 0 radical (unpaired) electrons. The van der Waals surface area contributed by atoms with E-state index in [1.807, 2.05) is 0 Å². The highest BCUT2D eigenvalue weighted by Gasteiger charge is 2.61. The van der Waals surface area contributed by atoms with Crippen molar-refractivity contribution in [1.29, 1.82) is 0 Å². The molecule has 2 aliphatic carbocycles. The van der Waals surface area contributed by atoms with Crippen LogP contribution in [0, 0.1) is 10.8 Å². The minimum absolute atomic E-state index is 0.0124. The predicted octanol–water partition coefficient (Wildman–Crippen LogP) is 3.46. The van der Waals surface area contributed by atoms with Crippen molar-refractivity contribution < 1.29 is 14.3 Å². The molecule has 3 heteroatoms. The van der Waals surface area contributed by atoms with Crippen molar-refractivity contribution in [2.75, 3.05) is 0 Å². The minimum atomic E-state index is -0.387. The summed E-state index contributed by atoms with van der Waals surface area (Å²) in [5, 5.41) is 0. The highest BCUT2D eigenvalue weighted by molar-refractivity contribution is 5.78. The normalized spacial score (nSPS) is 41.4. The number of carbonyl (C=O) groups is 1. The molecule has 3 atom stereocenters. The first kappa shape index (κ1) is 13.4. The molecule has 0 N–H and O–H groups in total. The van der Waals surface area contributed by atoms with E-state index in [1.54, 1.807) is 0 Å². The van der Waals surface area contributed by atoms with Crippen LogP contribution in [0.3, 0.4) is 0 Å². The number of epoxide rings is 1. The van der Waals surface area contributed by atoms with Crippen molar-refractivity contribution in [1.82, 2.24) is 0 Å². The van der Waals surface area contributed by atoms with Crippen LogP contribution in [0.2, 0.25) is 0 Å². The molecule has 0 aromatic carbocycles. The summed E-state index contributed by atoms with van der Waals surface area (Å²) in [4.78, 5) is 12.7. The molecule has 0 aromatic rings. The van der Waals surface area contributed by atoms with Crippen molar-refractivity contribution >= 4 is 5.97 Å². The van der Waals surface area contributed by atoms with Gasteiger partial charge in [-0.1, -0.05) is 20.3 Å². The maximum Gasteiger partial charge on any atom is 0.312 e. The average molecular weight is 266 g/mol. The first-order valence-electron chi connectivity index (χ1n) is 7.79. The van der Waals surface area contributed by atoms with Crippen molar-refractivity contribution in [3.8, 4) is 0 Å². The van der Waals surface area contributed by atoms with Gasteiger partial charge in [0, 0.05) is 0 Å². The highest BCUT2D eigenvalue weighted by Crippen LogP contribution is 2.57. The summed E-state index contributed by atoms with van der Waals surface area (Å²) < 4.78 is 11.5. The van der Waals surface area contributed by atoms with E-state index >= 15 is 0 Å². The van der Waals surface area contributed by atoms with Gasteiger partial charge in [0.25, 0.3) is 0 Å². The largest absolute Gasteiger partial charge is 0.462 e. The van der Waals surface area contributed by atoms with Crippen molar-refractivity contribution in [3.05, 3.63) is 0 Å². The second-order valence-corrected chi connectivity index (χ2v) is 7.50. The van der Waals surface area contributed by atoms with Gasteiger partial charge in [-0.2, -0.15) is 0 Å². The number of fused-ring (bicyclic) bond motifs is 1. The average Bonchev–Trinajstić information content (AvgIpc) is 3.07. The highest BCUT2D eigenvalue weighted by atomic mass is 16.6. The summed E-state index contributed by atoms with van der Waals surface area (Å²) in [6.45, 7) is 6.45. The zero-order valence-electron chi connectivity index (χ0n) is 12.4. The van der Waals surface area contributed by atoms with Gasteiger partial charge in [0.05, 0.1) is 17.6 Å². The summed E-state index contributed by atoms with van der Waals surface area (Å²) in [5.41, 5.74) is -0.418. The third kappa shape index (κ3) is 2.31. The molecule has 19 heavy (non-hydrogen) atoms. The second kappa shape index (κ2) is 4.47. The van der Waals surface area contributed by atoms with E-state index in [0.29, 0.717) is 12.2 Å². The Labute approximate surface area is 116 Å². The van der Waals surface area contributed by atoms with Crippen LogP contribution in [0.1, 0.15) is 65.7 Å². The molecule has 2 saturated carbocycles. The van der Waals surface area contributed by atoms with Gasteiger partial charge >= 0.3 is 5.97 Å². The maximum atomic E-state index is 12.7. The van der Waals surface area contributed by atoms with Crippen molar-refractivity contribution in [3.63, 3.8) is 0 Å².